The van der Waals surface area contributed by atoms with Gasteiger partial charge < -0.3 is 15.3 Å². The summed E-state index contributed by atoms with van der Waals surface area (Å²) in [6.07, 6.45) is 45.4. The quantitative estimate of drug-likeness (QED) is 0.181. The molecular weight excluding hydrogens is 1130 g/mol. The Bertz CT molecular complexity index is 2700. The van der Waals surface area contributed by atoms with Crippen LogP contribution in [0.4, 0.5) is 0 Å². The minimum absolute atomic E-state index is 0.0415. The average Bonchev–Trinajstić information content (AvgIpc) is 1.67. The van der Waals surface area contributed by atoms with Gasteiger partial charge in [-0.2, -0.15) is 0 Å². The highest BCUT2D eigenvalue weighted by atomic mass is 16.3. The number of aliphatic hydroxyl groups is 3. The van der Waals surface area contributed by atoms with Crippen LogP contribution in [0.5, 0.6) is 0 Å². The van der Waals surface area contributed by atoms with Crippen LogP contribution in [0.1, 0.15) is 359 Å². The summed E-state index contributed by atoms with van der Waals surface area (Å²) in [6.45, 7) is 60.6. The van der Waals surface area contributed by atoms with E-state index in [9.17, 15) is 15.3 Å². The van der Waals surface area contributed by atoms with E-state index in [0.29, 0.717) is 71.9 Å². The van der Waals surface area contributed by atoms with Crippen LogP contribution in [0, 0.1) is 165 Å². The second kappa shape index (κ2) is 25.1. The molecule has 26 unspecified atom stereocenters. The Morgan fingerprint density at radius 2 is 0.914 bits per heavy atom. The summed E-state index contributed by atoms with van der Waals surface area (Å²) < 4.78 is 0. The fourth-order valence-corrected chi connectivity index (χ4v) is 31.2. The van der Waals surface area contributed by atoms with Crippen molar-refractivity contribution in [3.8, 4) is 0 Å². The number of allylic oxidation sites excluding steroid dienone is 4. The van der Waals surface area contributed by atoms with E-state index < -0.39 is 0 Å². The molecule has 0 radical (unpaired) electrons. The first-order chi connectivity index (χ1) is 43.1. The summed E-state index contributed by atoms with van der Waals surface area (Å²) in [6, 6.07) is 0. The first-order valence-corrected chi connectivity index (χ1v) is 41.5. The van der Waals surface area contributed by atoms with E-state index in [1.807, 2.05) is 11.1 Å². The maximum atomic E-state index is 10.9. The number of hydrogen-bond acceptors (Lipinski definition) is 3. The third-order valence-corrected chi connectivity index (χ3v) is 37.7. The van der Waals surface area contributed by atoms with Crippen molar-refractivity contribution in [2.45, 2.75) is 377 Å². The Morgan fingerprint density at radius 1 is 0.387 bits per heavy atom. The summed E-state index contributed by atoms with van der Waals surface area (Å²) in [5.41, 5.74) is 8.30. The highest BCUT2D eigenvalue weighted by Crippen LogP contribution is 2.79. The minimum atomic E-state index is -0.132. The van der Waals surface area contributed by atoms with Gasteiger partial charge in [-0.15, -0.1) is 0 Å². The molecular formula is C90H156O3. The Labute approximate surface area is 577 Å². The van der Waals surface area contributed by atoms with Crippen LogP contribution in [0.2, 0.25) is 0 Å². The third kappa shape index (κ3) is 11.1. The highest BCUT2D eigenvalue weighted by Gasteiger charge is 2.72. The van der Waals surface area contributed by atoms with Crippen molar-refractivity contribution in [1.82, 2.24) is 0 Å². The zero-order chi connectivity index (χ0) is 68.3. The lowest BCUT2D eigenvalue weighted by molar-refractivity contribution is -0.248. The topological polar surface area (TPSA) is 60.7 Å². The molecule has 0 aromatic rings. The van der Waals surface area contributed by atoms with E-state index in [-0.39, 0.29) is 34.6 Å². The van der Waals surface area contributed by atoms with Crippen molar-refractivity contribution < 1.29 is 15.3 Å². The fourth-order valence-electron chi connectivity index (χ4n) is 31.2. The fraction of sp³-hybridized carbons (Fsp3) is 0.956. The van der Waals surface area contributed by atoms with E-state index in [1.165, 1.54) is 173 Å². The summed E-state index contributed by atoms with van der Waals surface area (Å²) in [4.78, 5) is 0. The highest BCUT2D eigenvalue weighted by molar-refractivity contribution is 5.35. The molecule has 11 fully saturated rings. The Hall–Kier alpha value is -0.640. The van der Waals surface area contributed by atoms with Gasteiger partial charge in [0.05, 0.1) is 18.3 Å². The van der Waals surface area contributed by atoms with Crippen molar-refractivity contribution >= 4 is 0 Å². The molecule has 534 valence electrons. The van der Waals surface area contributed by atoms with E-state index in [2.05, 4.69) is 178 Å². The molecule has 0 aromatic heterocycles. The van der Waals surface area contributed by atoms with Gasteiger partial charge in [0.25, 0.3) is 0 Å². The Morgan fingerprint density at radius 3 is 1.52 bits per heavy atom. The van der Waals surface area contributed by atoms with Crippen molar-refractivity contribution in [2.75, 3.05) is 0 Å². The SMILES string of the molecule is CC(C)C1CCC2(C)CCC3(C)C(CCC4C5(C)CCC(O)C(C)(C)C5CCC43C)C12.CC(C)CCCC(C)C1CCC2(C)C3=CCC4C(C)(C)C(O)CCC4(C)C3CCC12C.CC(C)CCCC(C)C1CCC2(C)C3CCC4C(C)(CCC(O)C4(C)C)C3=CCC12C. The predicted octanol–water partition coefficient (Wildman–Crippen LogP) is 24.9. The first kappa shape index (κ1) is 73.6. The molecule has 0 aliphatic heterocycles. The van der Waals surface area contributed by atoms with Crippen LogP contribution in [-0.4, -0.2) is 33.6 Å². The van der Waals surface area contributed by atoms with Gasteiger partial charge in [0.2, 0.25) is 0 Å². The van der Waals surface area contributed by atoms with Crippen LogP contribution in [-0.2, 0) is 0 Å². The zero-order valence-corrected chi connectivity index (χ0v) is 66.2. The van der Waals surface area contributed by atoms with Crippen LogP contribution in [0.15, 0.2) is 23.3 Å². The standard InChI is InChI=1S/3C30H52O/c1-19(2)20-11-14-27(5)17-18-29(7)21(25(20)27)9-10-23-28(6)15-13-24(31)26(3,4)22(28)12-16-30(23,29)8;2*1-20(2)10-9-11-21(3)22-14-18-30(8)24-12-13-25-27(4,5)26(31)16-17-28(25,6)23(24)15-19-29(22,30)7/h19-25,31H,9-18H2,1-8H3;15,20-22,24-26,31H,9-14,16-19H2,1-8H3;12,20-23,25-26,31H,9-11,13-19H2,1-8H3. The summed E-state index contributed by atoms with van der Waals surface area (Å²) in [5.74, 6) is 13.1. The molecule has 0 amide bonds. The number of rotatable bonds is 11. The zero-order valence-electron chi connectivity index (χ0n) is 66.2. The molecule has 0 heterocycles. The molecule has 0 saturated heterocycles. The molecule has 0 aromatic carbocycles. The monoisotopic (exact) mass is 1290 g/mol. The summed E-state index contributed by atoms with van der Waals surface area (Å²) in [5, 5.41) is 32.5. The van der Waals surface area contributed by atoms with Crippen LogP contribution >= 0.6 is 0 Å². The van der Waals surface area contributed by atoms with E-state index in [1.54, 1.807) is 0 Å². The van der Waals surface area contributed by atoms with E-state index in [0.717, 1.165) is 96.2 Å². The van der Waals surface area contributed by atoms with Gasteiger partial charge in [-0.05, 0) is 319 Å². The smallest absolute Gasteiger partial charge is 0.0594 e. The van der Waals surface area contributed by atoms with E-state index >= 15 is 0 Å². The maximum absolute atomic E-state index is 10.9. The molecule has 3 nitrogen and oxygen atoms in total. The van der Waals surface area contributed by atoms with Crippen molar-refractivity contribution in [2.24, 2.45) is 165 Å². The molecule has 93 heavy (non-hydrogen) atoms. The normalized spacial score (nSPS) is 51.0. The number of hydrogen-bond donors (Lipinski definition) is 3. The summed E-state index contributed by atoms with van der Waals surface area (Å²) in [7, 11) is 0. The lowest BCUT2D eigenvalue weighted by Crippen LogP contribution is -2.66. The molecule has 0 spiro atoms. The predicted molar refractivity (Wildman–Crippen MR) is 396 cm³/mol. The lowest BCUT2D eigenvalue weighted by Gasteiger charge is -2.73. The van der Waals surface area contributed by atoms with Gasteiger partial charge in [-0.3, -0.25) is 0 Å². The van der Waals surface area contributed by atoms with Gasteiger partial charge >= 0.3 is 0 Å². The second-order valence-electron chi connectivity index (χ2n) is 43.4. The van der Waals surface area contributed by atoms with Crippen LogP contribution in [0.3, 0.4) is 0 Å². The van der Waals surface area contributed by atoms with Gasteiger partial charge in [-0.25, -0.2) is 0 Å². The largest absolute Gasteiger partial charge is 0.393 e. The molecule has 13 aliphatic carbocycles. The van der Waals surface area contributed by atoms with Crippen molar-refractivity contribution in [1.29, 1.82) is 0 Å². The minimum Gasteiger partial charge on any atom is -0.393 e. The number of fused-ring (bicyclic) bond motifs is 17. The van der Waals surface area contributed by atoms with Gasteiger partial charge in [0, 0.05) is 0 Å². The van der Waals surface area contributed by atoms with Crippen molar-refractivity contribution in [3.63, 3.8) is 0 Å². The lowest BCUT2D eigenvalue weighted by atomic mass is 9.32. The van der Waals surface area contributed by atoms with E-state index in [4.69, 9.17) is 0 Å². The van der Waals surface area contributed by atoms with Gasteiger partial charge in [-0.1, -0.05) is 228 Å². The first-order valence-electron chi connectivity index (χ1n) is 41.5. The molecule has 3 N–H and O–H groups in total. The average molecular weight is 1290 g/mol. The number of aliphatic hydroxyl groups excluding tert-OH is 3. The third-order valence-electron chi connectivity index (χ3n) is 37.7. The molecule has 11 saturated carbocycles. The summed E-state index contributed by atoms with van der Waals surface area (Å²) >= 11 is 0. The Kier molecular flexibility index (Phi) is 19.9. The Balaban J connectivity index is 0.000000143. The molecule has 26 atom stereocenters. The van der Waals surface area contributed by atoms with Crippen molar-refractivity contribution in [3.05, 3.63) is 23.3 Å². The molecule has 0 bridgehead atoms. The molecule has 13 rings (SSSR count). The maximum Gasteiger partial charge on any atom is 0.0594 e. The van der Waals surface area contributed by atoms with Gasteiger partial charge in [0.1, 0.15) is 0 Å². The van der Waals surface area contributed by atoms with Gasteiger partial charge in [0.15, 0.2) is 0 Å². The molecule has 3 heteroatoms. The van der Waals surface area contributed by atoms with Crippen LogP contribution in [0.25, 0.3) is 0 Å². The molecule has 13 aliphatic rings. The second-order valence-corrected chi connectivity index (χ2v) is 43.4. The van der Waals surface area contributed by atoms with Crippen LogP contribution < -0.4 is 0 Å².